The van der Waals surface area contributed by atoms with Crippen molar-refractivity contribution in [3.05, 3.63) is 24.3 Å². The first kappa shape index (κ1) is 24.7. The minimum atomic E-state index is -4.28. The molecule has 3 aromatic rings. The maximum absolute atomic E-state index is 12.7. The van der Waals surface area contributed by atoms with Gasteiger partial charge >= 0.3 is 12.4 Å². The van der Waals surface area contributed by atoms with Crippen LogP contribution in [0, 0.1) is 5.92 Å². The molecule has 188 valence electrons. The van der Waals surface area contributed by atoms with E-state index in [1.165, 1.54) is 0 Å². The number of aromatic amines is 1. The molecular weight excluding hydrogens is 462 g/mol. The molecule has 1 N–H and O–H groups in total. The fraction of sp³-hybridized carbons (Fsp3) is 0.682. The maximum Gasteiger partial charge on any atom is 0.389 e. The molecule has 0 radical (unpaired) electrons. The van der Waals surface area contributed by atoms with Crippen molar-refractivity contribution in [1.29, 1.82) is 0 Å². The average Bonchev–Trinajstić information content (AvgIpc) is 3.46. The van der Waals surface area contributed by atoms with E-state index in [2.05, 4.69) is 20.2 Å². The molecule has 1 fully saturated rings. The van der Waals surface area contributed by atoms with Crippen LogP contribution >= 0.6 is 0 Å². The van der Waals surface area contributed by atoms with Gasteiger partial charge in [0.15, 0.2) is 11.3 Å². The molecule has 1 aliphatic rings. The summed E-state index contributed by atoms with van der Waals surface area (Å²) in [4.78, 5) is 9.22. The van der Waals surface area contributed by atoms with Crippen LogP contribution in [-0.4, -0.2) is 60.9 Å². The van der Waals surface area contributed by atoms with Gasteiger partial charge in [0.1, 0.15) is 5.82 Å². The summed E-state index contributed by atoms with van der Waals surface area (Å²) in [5.41, 5.74) is 2.13. The third-order valence-corrected chi connectivity index (χ3v) is 6.82. The molecule has 1 aliphatic carbocycles. The Morgan fingerprint density at radius 1 is 1.03 bits per heavy atom. The summed E-state index contributed by atoms with van der Waals surface area (Å²) in [7, 11) is 0. The molecule has 0 amide bonds. The summed E-state index contributed by atoms with van der Waals surface area (Å²) in [5.74, 6) is 0.965. The lowest BCUT2D eigenvalue weighted by Gasteiger charge is -2.29. The summed E-state index contributed by atoms with van der Waals surface area (Å²) in [6, 6.07) is 1.78. The zero-order valence-electron chi connectivity index (χ0n) is 18.8. The van der Waals surface area contributed by atoms with E-state index in [0.29, 0.717) is 24.1 Å². The molecule has 0 saturated heterocycles. The van der Waals surface area contributed by atoms with Gasteiger partial charge in [-0.05, 0) is 50.8 Å². The second kappa shape index (κ2) is 9.71. The molecule has 0 unspecified atom stereocenters. The van der Waals surface area contributed by atoms with Gasteiger partial charge in [0.05, 0.1) is 11.7 Å². The Morgan fingerprint density at radius 3 is 2.32 bits per heavy atom. The third-order valence-electron chi connectivity index (χ3n) is 6.82. The van der Waals surface area contributed by atoms with E-state index < -0.39 is 25.2 Å². The molecule has 3 heterocycles. The van der Waals surface area contributed by atoms with E-state index in [4.69, 9.17) is 0 Å². The number of alkyl halides is 6. The van der Waals surface area contributed by atoms with Gasteiger partial charge in [0.25, 0.3) is 0 Å². The third kappa shape index (κ3) is 5.64. The van der Waals surface area contributed by atoms with E-state index in [9.17, 15) is 26.3 Å². The van der Waals surface area contributed by atoms with Crippen LogP contribution < -0.4 is 0 Å². The lowest BCUT2D eigenvalue weighted by molar-refractivity contribution is -0.137. The van der Waals surface area contributed by atoms with Gasteiger partial charge < -0.3 is 9.88 Å². The van der Waals surface area contributed by atoms with Crippen molar-refractivity contribution in [2.75, 3.05) is 13.1 Å². The van der Waals surface area contributed by atoms with Crippen molar-refractivity contribution >= 4 is 16.8 Å². The molecule has 34 heavy (non-hydrogen) atoms. The summed E-state index contributed by atoms with van der Waals surface area (Å²) >= 11 is 0. The number of aromatic nitrogens is 5. The van der Waals surface area contributed by atoms with Crippen molar-refractivity contribution in [2.24, 2.45) is 5.92 Å². The van der Waals surface area contributed by atoms with Crippen LogP contribution in [0.25, 0.3) is 16.8 Å². The topological polar surface area (TPSA) is 62.1 Å². The van der Waals surface area contributed by atoms with Gasteiger partial charge in [-0.1, -0.05) is 13.3 Å². The molecule has 0 aromatic carbocycles. The average molecular weight is 490 g/mol. The number of nitrogens with zero attached hydrogens (tertiary/aromatic N) is 5. The highest BCUT2D eigenvalue weighted by molar-refractivity contribution is 5.74. The maximum atomic E-state index is 12.7. The van der Waals surface area contributed by atoms with E-state index in [0.717, 1.165) is 17.8 Å². The Kier molecular flexibility index (Phi) is 7.07. The van der Waals surface area contributed by atoms with Crippen molar-refractivity contribution < 1.29 is 26.3 Å². The Balaban J connectivity index is 1.55. The molecule has 3 aromatic heterocycles. The molecular formula is C22H28F6N6. The zero-order chi connectivity index (χ0) is 24.5. The van der Waals surface area contributed by atoms with Crippen LogP contribution in [0.4, 0.5) is 26.3 Å². The van der Waals surface area contributed by atoms with Crippen LogP contribution in [0.1, 0.15) is 63.6 Å². The van der Waals surface area contributed by atoms with Crippen molar-refractivity contribution in [3.8, 4) is 0 Å². The fourth-order valence-corrected chi connectivity index (χ4v) is 5.24. The lowest BCUT2D eigenvalue weighted by atomic mass is 9.93. The Bertz CT molecular complexity index is 1070. The van der Waals surface area contributed by atoms with Gasteiger partial charge in [-0.2, -0.15) is 26.3 Å². The van der Waals surface area contributed by atoms with E-state index in [1.54, 1.807) is 12.4 Å². The van der Waals surface area contributed by atoms with Gasteiger partial charge in [-0.15, -0.1) is 10.2 Å². The number of rotatable bonds is 9. The van der Waals surface area contributed by atoms with Crippen molar-refractivity contribution in [1.82, 2.24) is 29.5 Å². The second-order valence-electron chi connectivity index (χ2n) is 9.10. The predicted molar refractivity (Wildman–Crippen MR) is 114 cm³/mol. The van der Waals surface area contributed by atoms with Crippen LogP contribution in [0.3, 0.4) is 0 Å². The number of hydrogen-bond acceptors (Lipinski definition) is 4. The fourth-order valence-electron chi connectivity index (χ4n) is 5.24. The van der Waals surface area contributed by atoms with Crippen LogP contribution in [0.5, 0.6) is 0 Å². The smallest absolute Gasteiger partial charge is 0.345 e. The summed E-state index contributed by atoms with van der Waals surface area (Å²) in [6.07, 6.45) is -5.14. The SMILES string of the molecule is CC[C@@H]1C[C@H](N(CCCC(F)(F)F)CCCC(F)(F)F)C[C@@H]1c1nnc2cnc3[nH]ccc3n12. The lowest BCUT2D eigenvalue weighted by Crippen LogP contribution is -2.36. The summed E-state index contributed by atoms with van der Waals surface area (Å²) in [6.45, 7) is 2.30. The first-order valence-electron chi connectivity index (χ1n) is 11.6. The van der Waals surface area contributed by atoms with Crippen molar-refractivity contribution in [2.45, 2.75) is 76.2 Å². The van der Waals surface area contributed by atoms with Crippen LogP contribution in [0.2, 0.25) is 0 Å². The van der Waals surface area contributed by atoms with E-state index in [-0.39, 0.29) is 43.8 Å². The number of hydrogen-bond donors (Lipinski definition) is 1. The first-order chi connectivity index (χ1) is 16.1. The molecule has 4 rings (SSSR count). The Hall–Kier alpha value is -2.37. The molecule has 12 heteroatoms. The van der Waals surface area contributed by atoms with Crippen molar-refractivity contribution in [3.63, 3.8) is 0 Å². The highest BCUT2D eigenvalue weighted by atomic mass is 19.4. The quantitative estimate of drug-likeness (QED) is 0.382. The first-order valence-corrected chi connectivity index (χ1v) is 11.6. The highest BCUT2D eigenvalue weighted by Crippen LogP contribution is 2.43. The molecule has 0 spiro atoms. The molecule has 6 nitrogen and oxygen atoms in total. The van der Waals surface area contributed by atoms with Gasteiger partial charge in [0.2, 0.25) is 0 Å². The van der Waals surface area contributed by atoms with Gasteiger partial charge in [0, 0.05) is 31.0 Å². The number of halogens is 6. The monoisotopic (exact) mass is 490 g/mol. The number of H-pyrrole nitrogens is 1. The number of nitrogens with one attached hydrogen (secondary N) is 1. The molecule has 0 bridgehead atoms. The van der Waals surface area contributed by atoms with E-state index >= 15 is 0 Å². The standard InChI is InChI=1S/C22H28F6N6/c1-2-14-11-15(33(9-3-6-21(23,24)25)10-4-7-22(26,27)28)12-16(14)20-32-31-18-13-30-19-17(34(18)20)5-8-29-19/h5,8,13-16,29H,2-4,6-7,9-12H2,1H3/t14-,15+,16+/m1/s1. The molecule has 3 atom stereocenters. The van der Waals surface area contributed by atoms with Gasteiger partial charge in [-0.3, -0.25) is 4.40 Å². The van der Waals surface area contributed by atoms with Gasteiger partial charge in [-0.25, -0.2) is 4.98 Å². The zero-order valence-corrected chi connectivity index (χ0v) is 18.8. The normalized spacial score (nSPS) is 21.9. The largest absolute Gasteiger partial charge is 0.389 e. The summed E-state index contributed by atoms with van der Waals surface area (Å²) in [5, 5.41) is 8.69. The van der Waals surface area contributed by atoms with E-state index in [1.807, 2.05) is 22.3 Å². The van der Waals surface area contributed by atoms with Crippen LogP contribution in [0.15, 0.2) is 18.5 Å². The number of fused-ring (bicyclic) bond motifs is 3. The molecule has 0 aliphatic heterocycles. The Labute approximate surface area is 192 Å². The molecule has 1 saturated carbocycles. The Morgan fingerprint density at radius 2 is 1.71 bits per heavy atom. The van der Waals surface area contributed by atoms with Crippen LogP contribution in [-0.2, 0) is 0 Å². The minimum Gasteiger partial charge on any atom is -0.345 e. The highest BCUT2D eigenvalue weighted by Gasteiger charge is 2.40. The second-order valence-corrected chi connectivity index (χ2v) is 9.10. The predicted octanol–water partition coefficient (Wildman–Crippen LogP) is 5.86. The summed E-state index contributed by atoms with van der Waals surface area (Å²) < 4.78 is 78.2. The minimum absolute atomic E-state index is 0.00164.